The molecule has 0 aliphatic carbocycles. The molecule has 24 heavy (non-hydrogen) atoms. The second-order valence-corrected chi connectivity index (χ2v) is 7.21. The van der Waals surface area contributed by atoms with Crippen LogP contribution in [0.4, 0.5) is 0 Å². The predicted molar refractivity (Wildman–Crippen MR) is 85.1 cm³/mol. The Balaban J connectivity index is 1.92. The molecular weight excluding hydrogens is 332 g/mol. The van der Waals surface area contributed by atoms with Crippen molar-refractivity contribution in [2.24, 2.45) is 7.05 Å². The molecule has 2 heterocycles. The summed E-state index contributed by atoms with van der Waals surface area (Å²) in [5.41, 5.74) is 1.89. The smallest absolute Gasteiger partial charge is 0.254 e. The fourth-order valence-corrected chi connectivity index (χ4v) is 3.56. The molecule has 0 unspecified atom stereocenters. The zero-order valence-corrected chi connectivity index (χ0v) is 14.2. The first-order valence-corrected chi connectivity index (χ1v) is 8.74. The Hall–Kier alpha value is -2.68. The van der Waals surface area contributed by atoms with Crippen LogP contribution in [-0.2, 0) is 22.6 Å². The van der Waals surface area contributed by atoms with E-state index in [1.165, 1.54) is 17.7 Å². The zero-order chi connectivity index (χ0) is 17.3. The van der Waals surface area contributed by atoms with Gasteiger partial charge in [-0.05, 0) is 12.1 Å². The topological polar surface area (TPSA) is 100 Å². The van der Waals surface area contributed by atoms with E-state index < -0.39 is 9.84 Å². The van der Waals surface area contributed by atoms with E-state index in [0.717, 1.165) is 11.1 Å². The van der Waals surface area contributed by atoms with Crippen LogP contribution in [-0.4, -0.2) is 35.4 Å². The number of rotatable bonds is 5. The number of nitrogens with zero attached hydrogens (tertiary/aromatic N) is 4. The van der Waals surface area contributed by atoms with E-state index in [2.05, 4.69) is 15.4 Å². The Bertz CT molecular complexity index is 958. The second-order valence-electron chi connectivity index (χ2n) is 5.33. The first kappa shape index (κ1) is 16.2. The molecule has 0 bridgehead atoms. The highest BCUT2D eigenvalue weighted by atomic mass is 32.2. The number of aromatic nitrogens is 4. The summed E-state index contributed by atoms with van der Waals surface area (Å²) < 4.78 is 36.4. The zero-order valence-electron chi connectivity index (χ0n) is 13.4. The summed E-state index contributed by atoms with van der Waals surface area (Å²) in [6.07, 6.45) is 0. The lowest BCUT2D eigenvalue weighted by atomic mass is 10.1. The van der Waals surface area contributed by atoms with E-state index in [1.54, 1.807) is 7.05 Å². The third kappa shape index (κ3) is 3.02. The molecule has 9 heteroatoms. The maximum atomic E-state index is 12.6. The second kappa shape index (κ2) is 6.08. The number of sulfone groups is 1. The van der Waals surface area contributed by atoms with Crippen LogP contribution in [0.3, 0.4) is 0 Å². The molecule has 3 aromatic rings. The lowest BCUT2D eigenvalue weighted by Crippen LogP contribution is -2.11. The molecule has 126 valence electrons. The molecule has 3 rings (SSSR count). The SMILES string of the molecule is COc1cc(CS(=O)(=O)c2nnc(-c3ccc(C)cc3)n2C)on1. The van der Waals surface area contributed by atoms with Gasteiger partial charge in [-0.25, -0.2) is 8.42 Å². The van der Waals surface area contributed by atoms with Gasteiger partial charge in [-0.15, -0.1) is 10.2 Å². The highest BCUT2D eigenvalue weighted by Gasteiger charge is 2.26. The van der Waals surface area contributed by atoms with Crippen LogP contribution in [0.5, 0.6) is 5.88 Å². The minimum Gasteiger partial charge on any atom is -0.479 e. The minimum atomic E-state index is -3.73. The number of methoxy groups -OCH3 is 1. The first-order valence-electron chi connectivity index (χ1n) is 7.09. The minimum absolute atomic E-state index is 0.131. The van der Waals surface area contributed by atoms with Gasteiger partial charge in [0, 0.05) is 18.7 Å². The molecule has 0 saturated heterocycles. The van der Waals surface area contributed by atoms with Crippen LogP contribution in [0.25, 0.3) is 11.4 Å². The summed E-state index contributed by atoms with van der Waals surface area (Å²) in [6.45, 7) is 1.97. The van der Waals surface area contributed by atoms with Gasteiger partial charge in [-0.1, -0.05) is 29.8 Å². The summed E-state index contributed by atoms with van der Waals surface area (Å²) in [4.78, 5) is 0. The Kier molecular flexibility index (Phi) is 4.10. The maximum Gasteiger partial charge on any atom is 0.254 e. The van der Waals surface area contributed by atoms with E-state index in [4.69, 9.17) is 9.26 Å². The number of ether oxygens (including phenoxy) is 1. The quantitative estimate of drug-likeness (QED) is 0.692. The monoisotopic (exact) mass is 348 g/mol. The van der Waals surface area contributed by atoms with Crippen LogP contribution >= 0.6 is 0 Å². The van der Waals surface area contributed by atoms with E-state index in [0.29, 0.717) is 5.82 Å². The molecular formula is C15H16N4O4S. The highest BCUT2D eigenvalue weighted by molar-refractivity contribution is 7.90. The Morgan fingerprint density at radius 3 is 2.54 bits per heavy atom. The Morgan fingerprint density at radius 1 is 1.21 bits per heavy atom. The van der Waals surface area contributed by atoms with Crippen molar-refractivity contribution in [3.63, 3.8) is 0 Å². The van der Waals surface area contributed by atoms with Crippen LogP contribution < -0.4 is 4.74 Å². The normalized spacial score (nSPS) is 11.6. The summed E-state index contributed by atoms with van der Waals surface area (Å²) >= 11 is 0. The first-order chi connectivity index (χ1) is 11.4. The van der Waals surface area contributed by atoms with Crippen molar-refractivity contribution in [3.05, 3.63) is 41.7 Å². The highest BCUT2D eigenvalue weighted by Crippen LogP contribution is 2.22. The molecule has 0 aliphatic rings. The van der Waals surface area contributed by atoms with Gasteiger partial charge in [0.15, 0.2) is 11.6 Å². The third-order valence-electron chi connectivity index (χ3n) is 3.50. The average molecular weight is 348 g/mol. The molecule has 8 nitrogen and oxygen atoms in total. The van der Waals surface area contributed by atoms with E-state index in [-0.39, 0.29) is 22.5 Å². The molecule has 0 saturated carbocycles. The molecule has 0 atom stereocenters. The van der Waals surface area contributed by atoms with Crippen molar-refractivity contribution < 1.29 is 17.7 Å². The number of hydrogen-bond acceptors (Lipinski definition) is 7. The summed E-state index contributed by atoms with van der Waals surface area (Å²) in [7, 11) is -0.697. The van der Waals surface area contributed by atoms with Gasteiger partial charge in [0.25, 0.3) is 5.88 Å². The number of benzene rings is 1. The lowest BCUT2D eigenvalue weighted by Gasteiger charge is -2.04. The summed E-state index contributed by atoms with van der Waals surface area (Å²) in [5.74, 6) is 0.498. The third-order valence-corrected chi connectivity index (χ3v) is 5.08. The molecule has 2 aromatic heterocycles. The van der Waals surface area contributed by atoms with Crippen LogP contribution in [0.1, 0.15) is 11.3 Å². The number of aryl methyl sites for hydroxylation is 1. The number of hydrogen-bond donors (Lipinski definition) is 0. The Labute approximate surface area is 139 Å². The maximum absolute atomic E-state index is 12.6. The van der Waals surface area contributed by atoms with Crippen molar-refractivity contribution in [2.45, 2.75) is 17.8 Å². The standard InChI is InChI=1S/C15H16N4O4S/c1-10-4-6-11(7-5-10)14-16-17-15(19(14)2)24(20,21)9-12-8-13(22-3)18-23-12/h4-8H,9H2,1-3H3. The fourth-order valence-electron chi connectivity index (χ4n) is 2.25. The van der Waals surface area contributed by atoms with Gasteiger partial charge in [0.1, 0.15) is 5.75 Å². The van der Waals surface area contributed by atoms with E-state index in [9.17, 15) is 8.42 Å². The predicted octanol–water partition coefficient (Wildman–Crippen LogP) is 1.76. The van der Waals surface area contributed by atoms with Crippen LogP contribution in [0, 0.1) is 6.92 Å². The molecule has 0 N–H and O–H groups in total. The largest absolute Gasteiger partial charge is 0.479 e. The lowest BCUT2D eigenvalue weighted by molar-refractivity contribution is 0.330. The van der Waals surface area contributed by atoms with Crippen LogP contribution in [0.2, 0.25) is 0 Å². The molecule has 1 aromatic carbocycles. The molecule has 0 radical (unpaired) electrons. The average Bonchev–Trinajstić information content (AvgIpc) is 3.14. The summed E-state index contributed by atoms with van der Waals surface area (Å²) in [5, 5.41) is 11.3. The summed E-state index contributed by atoms with van der Waals surface area (Å²) in [6, 6.07) is 9.03. The fraction of sp³-hybridized carbons (Fsp3) is 0.267. The van der Waals surface area contributed by atoms with Crippen molar-refractivity contribution in [1.29, 1.82) is 0 Å². The van der Waals surface area contributed by atoms with Gasteiger partial charge in [0.05, 0.1) is 7.11 Å². The molecule has 0 aliphatic heterocycles. The Morgan fingerprint density at radius 2 is 1.92 bits per heavy atom. The van der Waals surface area contributed by atoms with Gasteiger partial charge in [0.2, 0.25) is 15.0 Å². The van der Waals surface area contributed by atoms with Crippen molar-refractivity contribution in [2.75, 3.05) is 7.11 Å². The van der Waals surface area contributed by atoms with Crippen molar-refractivity contribution in [1.82, 2.24) is 19.9 Å². The molecule has 0 spiro atoms. The van der Waals surface area contributed by atoms with Gasteiger partial charge >= 0.3 is 0 Å². The molecule has 0 fully saturated rings. The van der Waals surface area contributed by atoms with Gasteiger partial charge < -0.3 is 13.8 Å². The van der Waals surface area contributed by atoms with Gasteiger partial charge in [-0.2, -0.15) is 0 Å². The van der Waals surface area contributed by atoms with Crippen LogP contribution in [0.15, 0.2) is 40.0 Å². The van der Waals surface area contributed by atoms with Crippen molar-refractivity contribution >= 4 is 9.84 Å². The van der Waals surface area contributed by atoms with E-state index in [1.807, 2.05) is 31.2 Å². The van der Waals surface area contributed by atoms with Gasteiger partial charge in [-0.3, -0.25) is 0 Å². The molecule has 0 amide bonds. The van der Waals surface area contributed by atoms with E-state index >= 15 is 0 Å². The van der Waals surface area contributed by atoms with Crippen molar-refractivity contribution in [3.8, 4) is 17.3 Å².